The van der Waals surface area contributed by atoms with E-state index in [1.165, 1.54) is 15.1 Å². The zero-order valence-electron chi connectivity index (χ0n) is 27.2. The molecule has 3 aromatic carbocycles. The van der Waals surface area contributed by atoms with Gasteiger partial charge in [-0.05, 0) is 85.8 Å². The molecule has 2 aliphatic rings. The van der Waals surface area contributed by atoms with E-state index in [0.29, 0.717) is 28.3 Å². The lowest BCUT2D eigenvalue weighted by molar-refractivity contribution is 0.0787. The van der Waals surface area contributed by atoms with Crippen LogP contribution in [0.3, 0.4) is 0 Å². The number of ether oxygens (including phenoxy) is 1. The molecule has 0 N–H and O–H groups in total. The summed E-state index contributed by atoms with van der Waals surface area (Å²) in [5.74, 6) is 1.38. The van der Waals surface area contributed by atoms with Crippen LogP contribution in [0.4, 0.5) is 0 Å². The van der Waals surface area contributed by atoms with Crippen LogP contribution in [-0.4, -0.2) is 71.9 Å². The molecule has 1 amide bonds. The lowest BCUT2D eigenvalue weighted by Gasteiger charge is -2.27. The number of rotatable bonds is 7. The molecule has 1 atom stereocenters. The molecule has 1 fully saturated rings. The van der Waals surface area contributed by atoms with Crippen LogP contribution < -0.4 is 4.74 Å². The fourth-order valence-electron chi connectivity index (χ4n) is 6.78. The zero-order valence-corrected chi connectivity index (χ0v) is 28.0. The van der Waals surface area contributed by atoms with Gasteiger partial charge in [0, 0.05) is 49.1 Å². The molecule has 2 aromatic heterocycles. The Bertz CT molecular complexity index is 2090. The number of likely N-dealkylation sites (tertiary alicyclic amines) is 1. The Morgan fingerprint density at radius 3 is 2.49 bits per heavy atom. The Hall–Kier alpha value is -4.54. The maximum absolute atomic E-state index is 14.0. The molecule has 242 valence electrons. The third kappa shape index (κ3) is 5.70. The van der Waals surface area contributed by atoms with Gasteiger partial charge in [-0.25, -0.2) is 22.4 Å². The van der Waals surface area contributed by atoms with Crippen molar-refractivity contribution in [2.24, 2.45) is 5.92 Å². The van der Waals surface area contributed by atoms with Gasteiger partial charge in [-0.15, -0.1) is 0 Å². The second-order valence-corrected chi connectivity index (χ2v) is 14.6. The van der Waals surface area contributed by atoms with Crippen LogP contribution in [0.2, 0.25) is 0 Å². The number of aryl methyl sites for hydroxylation is 1. The Balaban J connectivity index is 1.34. The van der Waals surface area contributed by atoms with Crippen molar-refractivity contribution < 1.29 is 17.9 Å². The van der Waals surface area contributed by atoms with Crippen molar-refractivity contribution in [3.05, 3.63) is 95.3 Å². The Labute approximate surface area is 275 Å². The number of carbonyl (C=O) groups excluding carboxylic acids is 1. The predicted molar refractivity (Wildman–Crippen MR) is 183 cm³/mol. The number of carbonyl (C=O) groups is 1. The van der Waals surface area contributed by atoms with Gasteiger partial charge in [0.1, 0.15) is 11.3 Å². The van der Waals surface area contributed by atoms with Gasteiger partial charge >= 0.3 is 0 Å². The van der Waals surface area contributed by atoms with Crippen molar-refractivity contribution in [1.82, 2.24) is 23.7 Å². The lowest BCUT2D eigenvalue weighted by atomic mass is 9.95. The molecule has 0 radical (unpaired) electrons. The molecule has 4 heterocycles. The molecular formula is C37H39N5O4S. The number of methoxy groups -OCH3 is 1. The van der Waals surface area contributed by atoms with E-state index in [-0.39, 0.29) is 16.4 Å². The molecule has 7 rings (SSSR count). The Kier molecular flexibility index (Phi) is 8.09. The highest BCUT2D eigenvalue weighted by Crippen LogP contribution is 2.36. The average molecular weight is 650 g/mol. The van der Waals surface area contributed by atoms with Crippen molar-refractivity contribution in [2.75, 3.05) is 33.8 Å². The zero-order chi connectivity index (χ0) is 32.9. The summed E-state index contributed by atoms with van der Waals surface area (Å²) in [7, 11) is -0.206. The van der Waals surface area contributed by atoms with Crippen molar-refractivity contribution >= 4 is 27.1 Å². The Morgan fingerprint density at radius 1 is 1.02 bits per heavy atom. The van der Waals surface area contributed by atoms with Gasteiger partial charge in [-0.2, -0.15) is 0 Å². The van der Waals surface area contributed by atoms with Gasteiger partial charge in [0.05, 0.1) is 23.9 Å². The number of hydrogen-bond donors (Lipinski definition) is 0. The first-order chi connectivity index (χ1) is 22.7. The summed E-state index contributed by atoms with van der Waals surface area (Å²) in [6.07, 6.45) is 6.22. The van der Waals surface area contributed by atoms with E-state index in [1.54, 1.807) is 43.8 Å². The maximum Gasteiger partial charge on any atom is 0.269 e. The molecule has 0 spiro atoms. The van der Waals surface area contributed by atoms with E-state index in [2.05, 4.69) is 24.9 Å². The first-order valence-electron chi connectivity index (χ1n) is 16.1. The third-order valence-electron chi connectivity index (χ3n) is 9.64. The minimum absolute atomic E-state index is 0.0194. The van der Waals surface area contributed by atoms with E-state index in [4.69, 9.17) is 14.7 Å². The van der Waals surface area contributed by atoms with Gasteiger partial charge in [-0.3, -0.25) is 4.79 Å². The normalized spacial score (nSPS) is 16.9. The van der Waals surface area contributed by atoms with Crippen molar-refractivity contribution in [2.45, 2.75) is 44.6 Å². The fraction of sp³-hybridized carbons (Fsp3) is 0.324. The first kappa shape index (κ1) is 31.1. The van der Waals surface area contributed by atoms with Gasteiger partial charge in [0.15, 0.2) is 5.65 Å². The number of hydrogen-bond acceptors (Lipinski definition) is 7. The van der Waals surface area contributed by atoms with Crippen LogP contribution in [0.5, 0.6) is 5.75 Å². The second-order valence-electron chi connectivity index (χ2n) is 12.8. The molecule has 2 aliphatic heterocycles. The summed E-state index contributed by atoms with van der Waals surface area (Å²) in [5.41, 5.74) is 7.47. The summed E-state index contributed by atoms with van der Waals surface area (Å²) in [6, 6.07) is 18.3. The van der Waals surface area contributed by atoms with Crippen molar-refractivity contribution in [3.63, 3.8) is 0 Å². The molecule has 0 saturated carbocycles. The maximum atomic E-state index is 14.0. The molecule has 0 aliphatic carbocycles. The number of amides is 1. The van der Waals surface area contributed by atoms with Crippen LogP contribution in [0.1, 0.15) is 46.8 Å². The highest BCUT2D eigenvalue weighted by Gasteiger charge is 2.27. The van der Waals surface area contributed by atoms with Crippen LogP contribution in [-0.2, 0) is 23.0 Å². The van der Waals surface area contributed by atoms with E-state index in [0.717, 1.165) is 67.9 Å². The second kappa shape index (κ2) is 12.2. The fourth-order valence-corrected chi connectivity index (χ4v) is 8.09. The highest BCUT2D eigenvalue weighted by atomic mass is 32.2. The SMILES string of the molecule is CC[C@H]1CCN(C(=O)c2ccc(-c3cn(S(=O)(=O)c4ccc(C)cc4)c4ncc(-c5cc6c(c(OC)c5)CCN(C)C6)nc34)cc2)C1. The minimum Gasteiger partial charge on any atom is -0.496 e. The quantitative estimate of drug-likeness (QED) is 0.208. The van der Waals surface area contributed by atoms with E-state index in [9.17, 15) is 13.2 Å². The molecule has 47 heavy (non-hydrogen) atoms. The molecular weight excluding hydrogens is 611 g/mol. The van der Waals surface area contributed by atoms with Crippen molar-refractivity contribution in [3.8, 4) is 28.1 Å². The van der Waals surface area contributed by atoms with Gasteiger partial charge < -0.3 is 14.5 Å². The van der Waals surface area contributed by atoms with Crippen LogP contribution in [0, 0.1) is 12.8 Å². The molecule has 0 bridgehead atoms. The number of aromatic nitrogens is 3. The minimum atomic E-state index is -3.99. The van der Waals surface area contributed by atoms with Crippen molar-refractivity contribution in [1.29, 1.82) is 0 Å². The summed E-state index contributed by atoms with van der Waals surface area (Å²) in [5, 5.41) is 0. The van der Waals surface area contributed by atoms with Crippen LogP contribution >= 0.6 is 0 Å². The third-order valence-corrected chi connectivity index (χ3v) is 11.3. The largest absolute Gasteiger partial charge is 0.496 e. The summed E-state index contributed by atoms with van der Waals surface area (Å²) >= 11 is 0. The van der Waals surface area contributed by atoms with E-state index in [1.807, 2.05) is 42.2 Å². The molecule has 9 nitrogen and oxygen atoms in total. The predicted octanol–water partition coefficient (Wildman–Crippen LogP) is 6.18. The molecule has 0 unspecified atom stereocenters. The average Bonchev–Trinajstić information content (AvgIpc) is 3.73. The standard InChI is InChI=1S/C37H39N5O4S/c1-5-25-14-17-41(21-25)37(43)27-10-8-26(9-11-27)32-23-42(47(44,45)30-12-6-24(2)7-13-30)36-35(32)39-33(20-38-36)28-18-29-22-40(3)16-15-31(29)34(19-28)46-4/h6-13,18-20,23,25H,5,14-17,21-22H2,1-4H3/t25-/m0/s1. The van der Waals surface area contributed by atoms with Gasteiger partial charge in [-0.1, -0.05) is 43.2 Å². The topological polar surface area (TPSA) is 97.6 Å². The van der Waals surface area contributed by atoms with Crippen LogP contribution in [0.15, 0.2) is 78.0 Å². The smallest absolute Gasteiger partial charge is 0.269 e. The van der Waals surface area contributed by atoms with E-state index >= 15 is 0 Å². The summed E-state index contributed by atoms with van der Waals surface area (Å²) in [6.45, 7) is 7.39. The number of benzene rings is 3. The van der Waals surface area contributed by atoms with Gasteiger partial charge in [0.2, 0.25) is 0 Å². The molecule has 10 heteroatoms. The van der Waals surface area contributed by atoms with Gasteiger partial charge in [0.25, 0.3) is 15.9 Å². The summed E-state index contributed by atoms with van der Waals surface area (Å²) < 4.78 is 35.0. The number of nitrogens with zero attached hydrogens (tertiary/aromatic N) is 5. The lowest BCUT2D eigenvalue weighted by Crippen LogP contribution is -2.28. The molecule has 1 saturated heterocycles. The monoisotopic (exact) mass is 649 g/mol. The first-order valence-corrected chi connectivity index (χ1v) is 17.6. The Morgan fingerprint density at radius 2 is 1.79 bits per heavy atom. The number of fused-ring (bicyclic) bond motifs is 2. The highest BCUT2D eigenvalue weighted by molar-refractivity contribution is 7.90. The number of likely N-dealkylation sites (N-methyl/N-ethyl adjacent to an activating group) is 1. The summed E-state index contributed by atoms with van der Waals surface area (Å²) in [4.78, 5) is 27.4. The van der Waals surface area contributed by atoms with E-state index < -0.39 is 10.0 Å². The van der Waals surface area contributed by atoms with Crippen LogP contribution in [0.25, 0.3) is 33.5 Å². The molecule has 5 aromatic rings.